The molecule has 0 aliphatic carbocycles. The summed E-state index contributed by atoms with van der Waals surface area (Å²) in [7, 11) is 2.08. The summed E-state index contributed by atoms with van der Waals surface area (Å²) in [5.41, 5.74) is 0.967. The quantitative estimate of drug-likeness (QED) is 0.907. The molecule has 0 radical (unpaired) electrons. The molecule has 0 spiro atoms. The predicted octanol–water partition coefficient (Wildman–Crippen LogP) is 1.74. The minimum Gasteiger partial charge on any atom is -0.480 e. The van der Waals surface area contributed by atoms with Crippen LogP contribution < -0.4 is 0 Å². The summed E-state index contributed by atoms with van der Waals surface area (Å²) >= 11 is 1.68. The molecular formula is C13H20N2O2S. The van der Waals surface area contributed by atoms with E-state index in [4.69, 9.17) is 0 Å². The van der Waals surface area contributed by atoms with E-state index in [0.717, 1.165) is 36.6 Å². The Morgan fingerprint density at radius 2 is 1.94 bits per heavy atom. The maximum Gasteiger partial charge on any atom is 0.325 e. The van der Waals surface area contributed by atoms with Gasteiger partial charge in [-0.15, -0.1) is 11.3 Å². The summed E-state index contributed by atoms with van der Waals surface area (Å²) in [6, 6.07) is 1.54. The third-order valence-electron chi connectivity index (χ3n) is 3.51. The van der Waals surface area contributed by atoms with Crippen LogP contribution in [0.25, 0.3) is 0 Å². The van der Waals surface area contributed by atoms with Crippen molar-refractivity contribution in [2.45, 2.75) is 19.9 Å². The minimum atomic E-state index is -0.736. The van der Waals surface area contributed by atoms with Crippen LogP contribution in [0.2, 0.25) is 0 Å². The molecular weight excluding hydrogens is 248 g/mol. The van der Waals surface area contributed by atoms with Gasteiger partial charge in [-0.1, -0.05) is 0 Å². The highest BCUT2D eigenvalue weighted by Crippen LogP contribution is 2.30. The first-order valence-electron chi connectivity index (χ1n) is 6.21. The normalized spacial score (nSPS) is 19.9. The number of aryl methyl sites for hydroxylation is 2. The van der Waals surface area contributed by atoms with E-state index in [1.54, 1.807) is 11.3 Å². The van der Waals surface area contributed by atoms with Crippen molar-refractivity contribution < 1.29 is 9.90 Å². The smallest absolute Gasteiger partial charge is 0.325 e. The minimum absolute atomic E-state index is 0.483. The molecule has 0 aromatic carbocycles. The topological polar surface area (TPSA) is 43.8 Å². The number of rotatable bonds is 3. The van der Waals surface area contributed by atoms with Crippen molar-refractivity contribution in [1.82, 2.24) is 9.80 Å². The van der Waals surface area contributed by atoms with E-state index in [1.165, 1.54) is 4.88 Å². The Morgan fingerprint density at radius 3 is 2.39 bits per heavy atom. The van der Waals surface area contributed by atoms with Gasteiger partial charge in [-0.2, -0.15) is 0 Å². The highest BCUT2D eigenvalue weighted by molar-refractivity contribution is 7.12. The fourth-order valence-electron chi connectivity index (χ4n) is 2.49. The summed E-state index contributed by atoms with van der Waals surface area (Å²) in [4.78, 5) is 18.2. The number of carbonyl (C=O) groups is 1. The van der Waals surface area contributed by atoms with Crippen LogP contribution >= 0.6 is 11.3 Å². The zero-order chi connectivity index (χ0) is 13.3. The molecule has 1 unspecified atom stereocenters. The number of likely N-dealkylation sites (N-methyl/N-ethyl adjacent to an activating group) is 1. The van der Waals surface area contributed by atoms with Gasteiger partial charge in [-0.25, -0.2) is 0 Å². The number of hydrogen-bond donors (Lipinski definition) is 1. The summed E-state index contributed by atoms with van der Waals surface area (Å²) in [5.74, 6) is -0.736. The van der Waals surface area contributed by atoms with Crippen molar-refractivity contribution >= 4 is 17.3 Å². The lowest BCUT2D eigenvalue weighted by atomic mass is 10.1. The lowest BCUT2D eigenvalue weighted by Gasteiger charge is -2.36. The maximum absolute atomic E-state index is 11.6. The van der Waals surface area contributed by atoms with Gasteiger partial charge in [0.2, 0.25) is 0 Å². The summed E-state index contributed by atoms with van der Waals surface area (Å²) < 4.78 is 0. The van der Waals surface area contributed by atoms with Gasteiger partial charge in [0, 0.05) is 35.9 Å². The second kappa shape index (κ2) is 5.38. The largest absolute Gasteiger partial charge is 0.480 e. The van der Waals surface area contributed by atoms with Gasteiger partial charge in [-0.3, -0.25) is 9.69 Å². The molecule has 1 atom stereocenters. The highest BCUT2D eigenvalue weighted by Gasteiger charge is 2.31. The third-order valence-corrected chi connectivity index (χ3v) is 4.49. The van der Waals surface area contributed by atoms with Crippen LogP contribution in [0.3, 0.4) is 0 Å². The number of hydrogen-bond acceptors (Lipinski definition) is 4. The molecule has 0 amide bonds. The Kier molecular flexibility index (Phi) is 4.04. The summed E-state index contributed by atoms with van der Waals surface area (Å²) in [6.45, 7) is 7.56. The zero-order valence-electron chi connectivity index (χ0n) is 11.1. The Balaban J connectivity index is 2.23. The molecule has 100 valence electrons. The van der Waals surface area contributed by atoms with Crippen LogP contribution in [-0.4, -0.2) is 54.1 Å². The fraction of sp³-hybridized carbons (Fsp3) is 0.615. The van der Waals surface area contributed by atoms with Crippen molar-refractivity contribution in [2.75, 3.05) is 33.2 Å². The van der Waals surface area contributed by atoms with Crippen molar-refractivity contribution in [3.05, 3.63) is 21.4 Å². The maximum atomic E-state index is 11.6. The first kappa shape index (κ1) is 13.5. The van der Waals surface area contributed by atoms with Gasteiger partial charge in [0.05, 0.1) is 0 Å². The summed E-state index contributed by atoms with van der Waals surface area (Å²) in [5, 5.41) is 9.53. The molecule has 4 nitrogen and oxygen atoms in total. The molecule has 1 aromatic heterocycles. The zero-order valence-corrected chi connectivity index (χ0v) is 12.0. The first-order chi connectivity index (χ1) is 8.49. The molecule has 18 heavy (non-hydrogen) atoms. The van der Waals surface area contributed by atoms with Crippen molar-refractivity contribution in [2.24, 2.45) is 0 Å². The number of piperazine rings is 1. The van der Waals surface area contributed by atoms with E-state index in [1.807, 2.05) is 19.9 Å². The average Bonchev–Trinajstić information content (AvgIpc) is 2.61. The van der Waals surface area contributed by atoms with E-state index in [9.17, 15) is 9.90 Å². The SMILES string of the molecule is Cc1cc(C(C(=O)O)N2CCN(C)CC2)c(C)s1. The van der Waals surface area contributed by atoms with Crippen LogP contribution in [0.4, 0.5) is 0 Å². The molecule has 1 saturated heterocycles. The molecule has 1 aliphatic heterocycles. The van der Waals surface area contributed by atoms with Gasteiger partial charge in [0.25, 0.3) is 0 Å². The predicted molar refractivity (Wildman–Crippen MR) is 73.2 cm³/mol. The molecule has 2 heterocycles. The van der Waals surface area contributed by atoms with E-state index in [0.29, 0.717) is 0 Å². The molecule has 0 bridgehead atoms. The van der Waals surface area contributed by atoms with Crippen LogP contribution in [0, 0.1) is 13.8 Å². The number of nitrogens with zero attached hydrogens (tertiary/aromatic N) is 2. The second-order valence-corrected chi connectivity index (χ2v) is 6.41. The monoisotopic (exact) mass is 268 g/mol. The molecule has 1 aromatic rings. The third kappa shape index (κ3) is 2.74. The van der Waals surface area contributed by atoms with Gasteiger partial charge in [0.15, 0.2) is 0 Å². The van der Waals surface area contributed by atoms with Crippen molar-refractivity contribution in [3.63, 3.8) is 0 Å². The van der Waals surface area contributed by atoms with Gasteiger partial charge in [0.1, 0.15) is 6.04 Å². The fourth-order valence-corrected chi connectivity index (χ4v) is 3.45. The lowest BCUT2D eigenvalue weighted by Crippen LogP contribution is -2.47. The van der Waals surface area contributed by atoms with Gasteiger partial charge >= 0.3 is 5.97 Å². The number of carboxylic acids is 1. The van der Waals surface area contributed by atoms with Crippen LogP contribution in [0.1, 0.15) is 21.4 Å². The molecule has 1 fully saturated rings. The second-order valence-electron chi connectivity index (χ2n) is 4.95. The Hall–Kier alpha value is -0.910. The van der Waals surface area contributed by atoms with Gasteiger partial charge < -0.3 is 10.0 Å². The van der Waals surface area contributed by atoms with E-state index < -0.39 is 12.0 Å². The molecule has 0 saturated carbocycles. The van der Waals surface area contributed by atoms with Crippen molar-refractivity contribution in [1.29, 1.82) is 0 Å². The number of carboxylic acid groups (broad SMARTS) is 1. The molecule has 2 rings (SSSR count). The molecule has 1 aliphatic rings. The lowest BCUT2D eigenvalue weighted by molar-refractivity contribution is -0.144. The number of thiophene rings is 1. The van der Waals surface area contributed by atoms with Crippen molar-refractivity contribution in [3.8, 4) is 0 Å². The highest BCUT2D eigenvalue weighted by atomic mass is 32.1. The molecule has 1 N–H and O–H groups in total. The Bertz CT molecular complexity index is 436. The van der Waals surface area contributed by atoms with E-state index in [2.05, 4.69) is 16.8 Å². The van der Waals surface area contributed by atoms with Crippen LogP contribution in [0.5, 0.6) is 0 Å². The Labute approximate surface area is 112 Å². The summed E-state index contributed by atoms with van der Waals surface area (Å²) in [6.07, 6.45) is 0. The Morgan fingerprint density at radius 1 is 1.33 bits per heavy atom. The van der Waals surface area contributed by atoms with E-state index in [-0.39, 0.29) is 0 Å². The standard InChI is InChI=1S/C13H20N2O2S/c1-9-8-11(10(2)18-9)12(13(16)17)15-6-4-14(3)5-7-15/h8,12H,4-7H2,1-3H3,(H,16,17). The van der Waals surface area contributed by atoms with Gasteiger partial charge in [-0.05, 0) is 32.5 Å². The number of aliphatic carboxylic acids is 1. The van der Waals surface area contributed by atoms with E-state index >= 15 is 0 Å². The van der Waals surface area contributed by atoms with Crippen LogP contribution in [0.15, 0.2) is 6.07 Å². The van der Waals surface area contributed by atoms with Crippen LogP contribution in [-0.2, 0) is 4.79 Å². The average molecular weight is 268 g/mol. The first-order valence-corrected chi connectivity index (χ1v) is 7.03. The molecule has 5 heteroatoms.